The van der Waals surface area contributed by atoms with Crippen LogP contribution >= 0.6 is 23.5 Å². The molecule has 0 unspecified atom stereocenters. The lowest BCUT2D eigenvalue weighted by Crippen LogP contribution is -2.46. The number of rotatable bonds is 8. The fourth-order valence-electron chi connectivity index (χ4n) is 5.60. The Balaban J connectivity index is 1.27. The van der Waals surface area contributed by atoms with Crippen molar-refractivity contribution in [2.24, 2.45) is 0 Å². The molecule has 1 amide bonds. The average Bonchev–Trinajstić information content (AvgIpc) is 2.97. The summed E-state index contributed by atoms with van der Waals surface area (Å²) in [5.41, 5.74) is -0.600. The first-order valence-corrected chi connectivity index (χ1v) is 15.6. The highest BCUT2D eigenvalue weighted by Gasteiger charge is 2.29. The van der Waals surface area contributed by atoms with Crippen molar-refractivity contribution in [2.45, 2.75) is 61.5 Å². The molecular weight excluding hydrogens is 555 g/mol. The number of nitrogens with one attached hydrogen (secondary N) is 1. The van der Waals surface area contributed by atoms with Gasteiger partial charge in [-0.2, -0.15) is 11.8 Å². The quantitative estimate of drug-likeness (QED) is 0.391. The summed E-state index contributed by atoms with van der Waals surface area (Å²) in [5, 5.41) is 3.23. The van der Waals surface area contributed by atoms with E-state index in [9.17, 15) is 18.8 Å². The molecule has 1 aromatic carbocycles. The summed E-state index contributed by atoms with van der Waals surface area (Å²) in [5.74, 6) is 2.66. The Morgan fingerprint density at radius 2 is 1.73 bits per heavy atom. The highest BCUT2D eigenvalue weighted by molar-refractivity contribution is 8.00. The van der Waals surface area contributed by atoms with Crippen molar-refractivity contribution in [2.75, 3.05) is 31.5 Å². The van der Waals surface area contributed by atoms with Gasteiger partial charge in [-0.25, -0.2) is 14.2 Å². The van der Waals surface area contributed by atoms with Gasteiger partial charge in [0.15, 0.2) is 11.5 Å². The summed E-state index contributed by atoms with van der Waals surface area (Å²) < 4.78 is 27.7. The molecule has 0 bridgehead atoms. The van der Waals surface area contributed by atoms with E-state index in [2.05, 4.69) is 10.3 Å². The molecule has 1 N–H and O–H groups in total. The summed E-state index contributed by atoms with van der Waals surface area (Å²) >= 11 is 3.25. The fourth-order valence-corrected chi connectivity index (χ4v) is 7.42. The van der Waals surface area contributed by atoms with Gasteiger partial charge >= 0.3 is 5.69 Å². The molecule has 0 radical (unpaired) electrons. The molecule has 1 saturated carbocycles. The SMILES string of the molecule is COc1ccc(SCC(=O)NC2CCC(n3c(=O)c4cc(F)cnc4n(C4CCSCC4)c3=O)CC2)cc1OC. The zero-order valence-corrected chi connectivity index (χ0v) is 24.2. The minimum atomic E-state index is -0.599. The van der Waals surface area contributed by atoms with Gasteiger partial charge < -0.3 is 14.8 Å². The van der Waals surface area contributed by atoms with E-state index in [0.29, 0.717) is 37.2 Å². The van der Waals surface area contributed by atoms with Crippen LogP contribution in [0.1, 0.15) is 50.6 Å². The number of aromatic nitrogens is 3. The van der Waals surface area contributed by atoms with Gasteiger partial charge in [0.1, 0.15) is 11.5 Å². The molecule has 3 aromatic rings. The van der Waals surface area contributed by atoms with Gasteiger partial charge in [-0.15, -0.1) is 11.8 Å². The van der Waals surface area contributed by atoms with Crippen LogP contribution in [0.15, 0.2) is 44.9 Å². The zero-order chi connectivity index (χ0) is 28.2. The van der Waals surface area contributed by atoms with Gasteiger partial charge in [-0.05, 0) is 74.3 Å². The summed E-state index contributed by atoms with van der Waals surface area (Å²) in [6, 6.07) is 6.29. The number of benzene rings is 1. The number of thioether (sulfide) groups is 2. The molecule has 0 spiro atoms. The lowest BCUT2D eigenvalue weighted by molar-refractivity contribution is -0.119. The van der Waals surface area contributed by atoms with Crippen LogP contribution in [-0.2, 0) is 4.79 Å². The largest absolute Gasteiger partial charge is 0.493 e. The van der Waals surface area contributed by atoms with E-state index < -0.39 is 11.4 Å². The van der Waals surface area contributed by atoms with Crippen molar-refractivity contribution in [3.8, 4) is 11.5 Å². The second kappa shape index (κ2) is 12.7. The minimum Gasteiger partial charge on any atom is -0.493 e. The van der Waals surface area contributed by atoms with Crippen LogP contribution in [0.25, 0.3) is 11.0 Å². The average molecular weight is 589 g/mol. The van der Waals surface area contributed by atoms with Gasteiger partial charge in [-0.3, -0.25) is 18.7 Å². The number of carbonyl (C=O) groups is 1. The number of hydrogen-bond donors (Lipinski definition) is 1. The lowest BCUT2D eigenvalue weighted by atomic mass is 9.91. The van der Waals surface area contributed by atoms with E-state index >= 15 is 0 Å². The van der Waals surface area contributed by atoms with Crippen molar-refractivity contribution < 1.29 is 18.7 Å². The molecule has 5 rings (SSSR count). The van der Waals surface area contributed by atoms with Gasteiger partial charge in [0.05, 0.1) is 31.6 Å². The normalized spacial score (nSPS) is 19.9. The Kier molecular flexibility index (Phi) is 9.04. The molecule has 1 aliphatic carbocycles. The molecule has 0 atom stereocenters. The maximum atomic E-state index is 14.1. The molecule has 2 fully saturated rings. The van der Waals surface area contributed by atoms with Gasteiger partial charge in [-0.1, -0.05) is 0 Å². The predicted octanol–water partition coefficient (Wildman–Crippen LogP) is 4.17. The Bertz CT molecular complexity index is 1500. The predicted molar refractivity (Wildman–Crippen MR) is 156 cm³/mol. The summed E-state index contributed by atoms with van der Waals surface area (Å²) in [4.78, 5) is 44.9. The monoisotopic (exact) mass is 588 g/mol. The van der Waals surface area contributed by atoms with Crippen LogP contribution in [0.4, 0.5) is 4.39 Å². The molecular formula is C28H33FN4O5S2. The van der Waals surface area contributed by atoms with Crippen molar-refractivity contribution in [3.63, 3.8) is 0 Å². The van der Waals surface area contributed by atoms with Crippen LogP contribution in [-0.4, -0.2) is 57.5 Å². The van der Waals surface area contributed by atoms with Crippen LogP contribution in [0.2, 0.25) is 0 Å². The van der Waals surface area contributed by atoms with Gasteiger partial charge in [0.25, 0.3) is 5.56 Å². The number of carbonyl (C=O) groups excluding carboxylic acids is 1. The first-order chi connectivity index (χ1) is 19.4. The summed E-state index contributed by atoms with van der Waals surface area (Å²) in [7, 11) is 3.15. The Morgan fingerprint density at radius 3 is 2.42 bits per heavy atom. The second-order valence-electron chi connectivity index (χ2n) is 10.1. The number of amides is 1. The van der Waals surface area contributed by atoms with E-state index in [-0.39, 0.29) is 46.5 Å². The van der Waals surface area contributed by atoms with E-state index in [1.165, 1.54) is 22.4 Å². The Morgan fingerprint density at radius 1 is 1.02 bits per heavy atom. The minimum absolute atomic E-state index is 0.0392. The smallest absolute Gasteiger partial charge is 0.333 e. The van der Waals surface area contributed by atoms with Crippen LogP contribution in [0, 0.1) is 5.82 Å². The van der Waals surface area contributed by atoms with Crippen LogP contribution in [0.3, 0.4) is 0 Å². The first-order valence-electron chi connectivity index (χ1n) is 13.4. The van der Waals surface area contributed by atoms with Gasteiger partial charge in [0, 0.05) is 23.0 Å². The Hall–Kier alpha value is -2.99. The molecule has 214 valence electrons. The van der Waals surface area contributed by atoms with Crippen LogP contribution < -0.4 is 26.0 Å². The molecule has 40 heavy (non-hydrogen) atoms. The topological polar surface area (TPSA) is 104 Å². The molecule has 2 aliphatic rings. The fraction of sp³-hybridized carbons (Fsp3) is 0.500. The number of fused-ring (bicyclic) bond motifs is 1. The number of methoxy groups -OCH3 is 2. The Labute approximate surface area is 239 Å². The third-order valence-electron chi connectivity index (χ3n) is 7.63. The van der Waals surface area contributed by atoms with E-state index in [1.54, 1.807) is 24.9 Å². The summed E-state index contributed by atoms with van der Waals surface area (Å²) in [6.07, 6.45) is 5.09. The molecule has 1 aliphatic heterocycles. The third kappa shape index (κ3) is 6.02. The number of ether oxygens (including phenoxy) is 2. The molecule has 3 heterocycles. The maximum Gasteiger partial charge on any atom is 0.333 e. The second-order valence-corrected chi connectivity index (χ2v) is 12.3. The lowest BCUT2D eigenvalue weighted by Gasteiger charge is -2.31. The van der Waals surface area contributed by atoms with E-state index in [0.717, 1.165) is 35.4 Å². The number of hydrogen-bond acceptors (Lipinski definition) is 8. The first kappa shape index (κ1) is 28.5. The highest BCUT2D eigenvalue weighted by Crippen LogP contribution is 2.33. The van der Waals surface area contributed by atoms with E-state index in [1.807, 2.05) is 23.9 Å². The van der Waals surface area contributed by atoms with Crippen molar-refractivity contribution in [3.05, 3.63) is 57.1 Å². The number of pyridine rings is 1. The number of nitrogens with zero attached hydrogens (tertiary/aromatic N) is 3. The maximum absolute atomic E-state index is 14.1. The third-order valence-corrected chi connectivity index (χ3v) is 9.67. The van der Waals surface area contributed by atoms with Gasteiger partial charge in [0.2, 0.25) is 5.91 Å². The van der Waals surface area contributed by atoms with Crippen molar-refractivity contribution >= 4 is 40.5 Å². The summed E-state index contributed by atoms with van der Waals surface area (Å²) in [6.45, 7) is 0. The molecule has 12 heteroatoms. The molecule has 9 nitrogen and oxygen atoms in total. The zero-order valence-electron chi connectivity index (χ0n) is 22.6. The highest BCUT2D eigenvalue weighted by atomic mass is 32.2. The van der Waals surface area contributed by atoms with Crippen molar-refractivity contribution in [1.29, 1.82) is 0 Å². The molecule has 2 aromatic heterocycles. The van der Waals surface area contributed by atoms with E-state index in [4.69, 9.17) is 9.47 Å². The van der Waals surface area contributed by atoms with Crippen molar-refractivity contribution in [1.82, 2.24) is 19.4 Å². The molecule has 1 saturated heterocycles. The van der Waals surface area contributed by atoms with Crippen LogP contribution in [0.5, 0.6) is 11.5 Å². The standard InChI is InChI=1S/C28H33FN4O5S2/c1-37-23-8-7-21(14-24(23)38-2)40-16-25(34)31-18-3-5-19(6-4-18)33-27(35)22-13-17(29)15-30-26(22)32(28(33)36)20-9-11-39-12-10-20/h7-8,13-15,18-20H,3-6,9-12,16H2,1-2H3,(H,31,34). The number of halogens is 1.